The molecule has 4 aromatic rings. The van der Waals surface area contributed by atoms with E-state index in [4.69, 9.17) is 16.3 Å². The maximum Gasteiger partial charge on any atom is 0.261 e. The Labute approximate surface area is 184 Å². The lowest BCUT2D eigenvalue weighted by Gasteiger charge is -2.06. The number of nitrogens with zero attached hydrogens (tertiary/aromatic N) is 2. The van der Waals surface area contributed by atoms with E-state index < -0.39 is 0 Å². The van der Waals surface area contributed by atoms with Crippen LogP contribution in [0.1, 0.15) is 16.1 Å². The van der Waals surface area contributed by atoms with Gasteiger partial charge in [-0.3, -0.25) is 14.9 Å². The second-order valence-electron chi connectivity index (χ2n) is 6.16. The molecule has 0 aliphatic carbocycles. The van der Waals surface area contributed by atoms with Gasteiger partial charge >= 0.3 is 0 Å². The summed E-state index contributed by atoms with van der Waals surface area (Å²) in [5.41, 5.74) is 1.81. The van der Waals surface area contributed by atoms with Crippen molar-refractivity contribution in [3.63, 3.8) is 0 Å². The number of methoxy groups -OCH3 is 1. The van der Waals surface area contributed by atoms with Crippen molar-refractivity contribution in [2.45, 2.75) is 10.1 Å². The van der Waals surface area contributed by atoms with Crippen LogP contribution in [0.2, 0.25) is 5.02 Å². The molecular formula is C20H15ClN4O3S2. The lowest BCUT2D eigenvalue weighted by Crippen LogP contribution is -2.12. The maximum atomic E-state index is 12.5. The number of para-hydroxylation sites is 1. The minimum Gasteiger partial charge on any atom is -0.496 e. The molecule has 0 bridgehead atoms. The van der Waals surface area contributed by atoms with Crippen molar-refractivity contribution in [2.24, 2.45) is 0 Å². The van der Waals surface area contributed by atoms with Crippen molar-refractivity contribution < 1.29 is 9.53 Å². The highest BCUT2D eigenvalue weighted by atomic mass is 35.5. The molecule has 0 aliphatic rings. The molecule has 0 saturated heterocycles. The van der Waals surface area contributed by atoms with Crippen molar-refractivity contribution in [1.29, 1.82) is 0 Å². The van der Waals surface area contributed by atoms with E-state index in [9.17, 15) is 9.59 Å². The van der Waals surface area contributed by atoms with Crippen LogP contribution in [0.5, 0.6) is 5.75 Å². The van der Waals surface area contributed by atoms with Crippen LogP contribution in [0.25, 0.3) is 10.9 Å². The number of rotatable bonds is 6. The molecule has 0 fully saturated rings. The lowest BCUT2D eigenvalue weighted by molar-refractivity contribution is 0.102. The fourth-order valence-corrected chi connectivity index (χ4v) is 4.63. The van der Waals surface area contributed by atoms with Gasteiger partial charge in [0.2, 0.25) is 5.13 Å². The van der Waals surface area contributed by atoms with Crippen LogP contribution in [0.15, 0.2) is 57.7 Å². The molecule has 0 spiro atoms. The molecule has 10 heteroatoms. The van der Waals surface area contributed by atoms with Crippen LogP contribution in [-0.4, -0.2) is 28.2 Å². The molecular weight excluding hydrogens is 444 g/mol. The Morgan fingerprint density at radius 3 is 2.90 bits per heavy atom. The Hall–Kier alpha value is -2.88. The van der Waals surface area contributed by atoms with Gasteiger partial charge in [0.25, 0.3) is 5.91 Å². The monoisotopic (exact) mass is 458 g/mol. The summed E-state index contributed by atoms with van der Waals surface area (Å²) < 4.78 is 5.88. The summed E-state index contributed by atoms with van der Waals surface area (Å²) in [5, 5.41) is 12.3. The Bertz CT molecular complexity index is 1290. The first-order chi connectivity index (χ1) is 14.5. The first-order valence-corrected chi connectivity index (χ1v) is 10.9. The molecule has 0 atom stereocenters. The highest BCUT2D eigenvalue weighted by Gasteiger charge is 2.14. The second kappa shape index (κ2) is 8.86. The molecule has 30 heavy (non-hydrogen) atoms. The first kappa shape index (κ1) is 20.4. The van der Waals surface area contributed by atoms with E-state index in [0.717, 1.165) is 11.2 Å². The number of carbonyl (C=O) groups is 1. The molecule has 7 nitrogen and oxygen atoms in total. The Morgan fingerprint density at radius 2 is 2.07 bits per heavy atom. The van der Waals surface area contributed by atoms with Gasteiger partial charge in [-0.15, -0.1) is 10.2 Å². The van der Waals surface area contributed by atoms with Crippen molar-refractivity contribution in [1.82, 2.24) is 15.2 Å². The third-order valence-corrected chi connectivity index (χ3v) is 6.43. The lowest BCUT2D eigenvalue weighted by atomic mass is 10.2. The Kier molecular flexibility index (Phi) is 6.03. The highest BCUT2D eigenvalue weighted by Crippen LogP contribution is 2.29. The molecule has 0 radical (unpaired) electrons. The van der Waals surface area contributed by atoms with Crippen molar-refractivity contribution in [2.75, 3.05) is 12.4 Å². The van der Waals surface area contributed by atoms with E-state index in [1.807, 2.05) is 0 Å². The molecule has 152 valence electrons. The Balaban J connectivity index is 1.44. The fraction of sp³-hybridized carbons (Fsp3) is 0.100. The van der Waals surface area contributed by atoms with E-state index in [2.05, 4.69) is 20.5 Å². The quantitative estimate of drug-likeness (QED) is 0.324. The van der Waals surface area contributed by atoms with Crippen LogP contribution in [0, 0.1) is 0 Å². The van der Waals surface area contributed by atoms with E-state index in [0.29, 0.717) is 36.9 Å². The number of aromatic nitrogens is 3. The van der Waals surface area contributed by atoms with Gasteiger partial charge in [0, 0.05) is 33.4 Å². The predicted molar refractivity (Wildman–Crippen MR) is 120 cm³/mol. The molecule has 2 N–H and O–H groups in total. The number of anilines is 1. The van der Waals surface area contributed by atoms with Gasteiger partial charge in [0.15, 0.2) is 9.77 Å². The summed E-state index contributed by atoms with van der Waals surface area (Å²) in [6.07, 6.45) is 0. The molecule has 0 unspecified atom stereocenters. The number of hydrogen-bond acceptors (Lipinski definition) is 7. The largest absolute Gasteiger partial charge is 0.496 e. The van der Waals surface area contributed by atoms with E-state index >= 15 is 0 Å². The van der Waals surface area contributed by atoms with Gasteiger partial charge in [0.1, 0.15) is 5.75 Å². The normalized spacial score (nSPS) is 10.9. The SMILES string of the molecule is COc1ccccc1C(=O)Nc1nnc(SCc2cc(=O)c3cc(Cl)ccc3[nH]2)s1. The molecule has 2 heterocycles. The first-order valence-electron chi connectivity index (χ1n) is 8.75. The summed E-state index contributed by atoms with van der Waals surface area (Å²) in [6, 6.07) is 13.7. The van der Waals surface area contributed by atoms with Gasteiger partial charge in [-0.1, -0.05) is 46.8 Å². The number of amides is 1. The molecule has 4 rings (SSSR count). The minimum absolute atomic E-state index is 0.0936. The maximum absolute atomic E-state index is 12.5. The number of hydrogen-bond donors (Lipinski definition) is 2. The number of carbonyl (C=O) groups excluding carboxylic acids is 1. The van der Waals surface area contributed by atoms with Crippen LogP contribution in [-0.2, 0) is 5.75 Å². The number of fused-ring (bicyclic) bond motifs is 1. The molecule has 0 aliphatic heterocycles. The van der Waals surface area contributed by atoms with Crippen LogP contribution < -0.4 is 15.5 Å². The van der Waals surface area contributed by atoms with Gasteiger partial charge in [-0.2, -0.15) is 0 Å². The van der Waals surface area contributed by atoms with Gasteiger partial charge in [-0.05, 0) is 30.3 Å². The highest BCUT2D eigenvalue weighted by molar-refractivity contribution is 8.00. The fourth-order valence-electron chi connectivity index (χ4n) is 2.81. The number of aromatic amines is 1. The zero-order valence-corrected chi connectivity index (χ0v) is 18.0. The van der Waals surface area contributed by atoms with Crippen LogP contribution >= 0.6 is 34.7 Å². The average Bonchev–Trinajstić information content (AvgIpc) is 3.20. The van der Waals surface area contributed by atoms with Crippen molar-refractivity contribution in [3.8, 4) is 5.75 Å². The molecule has 0 saturated carbocycles. The van der Waals surface area contributed by atoms with E-state index in [1.165, 1.54) is 30.2 Å². The molecule has 1 amide bonds. The summed E-state index contributed by atoms with van der Waals surface area (Å²) in [6.45, 7) is 0. The van der Waals surface area contributed by atoms with Crippen molar-refractivity contribution in [3.05, 3.63) is 75.0 Å². The summed E-state index contributed by atoms with van der Waals surface area (Å²) in [7, 11) is 1.51. The number of ether oxygens (including phenoxy) is 1. The summed E-state index contributed by atoms with van der Waals surface area (Å²) >= 11 is 8.63. The third kappa shape index (κ3) is 4.48. The number of thioether (sulfide) groups is 1. The third-order valence-electron chi connectivity index (χ3n) is 4.18. The topological polar surface area (TPSA) is 97.0 Å². The number of H-pyrrole nitrogens is 1. The summed E-state index contributed by atoms with van der Waals surface area (Å²) in [4.78, 5) is 28.0. The molecule has 2 aromatic carbocycles. The smallest absolute Gasteiger partial charge is 0.261 e. The zero-order chi connectivity index (χ0) is 21.1. The van der Waals surface area contributed by atoms with Crippen molar-refractivity contribution >= 4 is 56.6 Å². The van der Waals surface area contributed by atoms with Gasteiger partial charge < -0.3 is 9.72 Å². The van der Waals surface area contributed by atoms with Gasteiger partial charge in [0.05, 0.1) is 12.7 Å². The summed E-state index contributed by atoms with van der Waals surface area (Å²) in [5.74, 6) is 0.663. The number of nitrogens with one attached hydrogen (secondary N) is 2. The van der Waals surface area contributed by atoms with Gasteiger partial charge in [-0.25, -0.2) is 0 Å². The molecule has 2 aromatic heterocycles. The van der Waals surface area contributed by atoms with Crippen LogP contribution in [0.4, 0.5) is 5.13 Å². The number of pyridine rings is 1. The number of benzene rings is 2. The standard InChI is InChI=1S/C20H15ClN4O3S2/c1-28-17-5-3-2-4-13(17)18(27)23-19-24-25-20(30-19)29-10-12-9-16(26)14-8-11(21)6-7-15(14)22-12/h2-9H,10H2,1H3,(H,22,26)(H,23,24,27). The van der Waals surface area contributed by atoms with E-state index in [-0.39, 0.29) is 11.3 Å². The average molecular weight is 459 g/mol. The minimum atomic E-state index is -0.322. The van der Waals surface area contributed by atoms with E-state index in [1.54, 1.807) is 48.5 Å². The van der Waals surface area contributed by atoms with Crippen LogP contribution in [0.3, 0.4) is 0 Å². The zero-order valence-electron chi connectivity index (χ0n) is 15.6. The Morgan fingerprint density at radius 1 is 1.23 bits per heavy atom. The number of halogens is 1. The second-order valence-corrected chi connectivity index (χ2v) is 8.80. The predicted octanol–water partition coefficient (Wildman–Crippen LogP) is 4.59.